The first-order valence-electron chi connectivity index (χ1n) is 13.1. The molecule has 8 atom stereocenters. The van der Waals surface area contributed by atoms with Crippen LogP contribution in [-0.4, -0.2) is 12.6 Å². The Bertz CT molecular complexity index is 651. The SMILES string of the molecule is CC(C)CCC[C@H](C)[C@@H]1CC[C@@H]2[C@@H]3CC=C4C[C@H](OC=O)CC[C@]4(C)[C@H]3CC[C@@]21C. The number of ether oxygens (including phenoxy) is 1. The van der Waals surface area contributed by atoms with Gasteiger partial charge in [0.25, 0.3) is 6.47 Å². The molecule has 4 aliphatic rings. The van der Waals surface area contributed by atoms with E-state index in [0.29, 0.717) is 17.3 Å². The maximum Gasteiger partial charge on any atom is 0.293 e. The lowest BCUT2D eigenvalue weighted by Gasteiger charge is -2.58. The second-order valence-corrected chi connectivity index (χ2v) is 12.4. The molecule has 0 N–H and O–H groups in total. The highest BCUT2D eigenvalue weighted by molar-refractivity contribution is 5.38. The van der Waals surface area contributed by atoms with Crippen molar-refractivity contribution in [2.75, 3.05) is 0 Å². The lowest BCUT2D eigenvalue weighted by atomic mass is 9.47. The molecule has 3 fully saturated rings. The van der Waals surface area contributed by atoms with Crippen LogP contribution in [0.15, 0.2) is 11.6 Å². The molecule has 0 heterocycles. The zero-order chi connectivity index (χ0) is 21.5. The first-order valence-corrected chi connectivity index (χ1v) is 13.1. The van der Waals surface area contributed by atoms with Crippen LogP contribution < -0.4 is 0 Å². The molecule has 0 aromatic heterocycles. The van der Waals surface area contributed by atoms with Gasteiger partial charge in [0.05, 0.1) is 0 Å². The molecular weight excluding hydrogens is 368 g/mol. The molecule has 170 valence electrons. The highest BCUT2D eigenvalue weighted by Gasteiger charge is 2.59. The molecule has 0 aromatic carbocycles. The smallest absolute Gasteiger partial charge is 0.293 e. The second-order valence-electron chi connectivity index (χ2n) is 12.4. The van der Waals surface area contributed by atoms with Crippen LogP contribution >= 0.6 is 0 Å². The molecule has 3 saturated carbocycles. The number of carbonyl (C=O) groups excluding carboxylic acids is 1. The molecule has 0 aromatic rings. The number of hydrogen-bond acceptors (Lipinski definition) is 2. The topological polar surface area (TPSA) is 26.3 Å². The van der Waals surface area contributed by atoms with Crippen LogP contribution in [-0.2, 0) is 9.53 Å². The van der Waals surface area contributed by atoms with E-state index in [0.717, 1.165) is 48.3 Å². The second kappa shape index (κ2) is 8.62. The molecule has 0 saturated heterocycles. The van der Waals surface area contributed by atoms with E-state index in [9.17, 15) is 4.79 Å². The quantitative estimate of drug-likeness (QED) is 0.317. The minimum atomic E-state index is 0.120. The van der Waals surface area contributed by atoms with Gasteiger partial charge in [0.1, 0.15) is 6.10 Å². The van der Waals surface area contributed by atoms with Crippen LogP contribution in [0, 0.1) is 46.3 Å². The summed E-state index contributed by atoms with van der Waals surface area (Å²) in [5, 5.41) is 0. The Labute approximate surface area is 185 Å². The van der Waals surface area contributed by atoms with Gasteiger partial charge in [0, 0.05) is 6.42 Å². The highest BCUT2D eigenvalue weighted by atomic mass is 16.5. The van der Waals surface area contributed by atoms with Crippen LogP contribution in [0.5, 0.6) is 0 Å². The number of rotatable bonds is 7. The largest absolute Gasteiger partial charge is 0.464 e. The summed E-state index contributed by atoms with van der Waals surface area (Å²) in [7, 11) is 0. The highest BCUT2D eigenvalue weighted by Crippen LogP contribution is 2.67. The molecule has 2 nitrogen and oxygen atoms in total. The Morgan fingerprint density at radius 3 is 2.60 bits per heavy atom. The first-order chi connectivity index (χ1) is 14.3. The number of carbonyl (C=O) groups is 1. The molecule has 2 heteroatoms. The predicted molar refractivity (Wildman–Crippen MR) is 124 cm³/mol. The van der Waals surface area contributed by atoms with Gasteiger partial charge in [-0.3, -0.25) is 4.79 Å². The molecule has 0 radical (unpaired) electrons. The normalized spacial score (nSPS) is 43.9. The molecule has 4 aliphatic carbocycles. The third-order valence-corrected chi connectivity index (χ3v) is 10.5. The number of allylic oxidation sites excluding steroid dienone is 1. The summed E-state index contributed by atoms with van der Waals surface area (Å²) in [5.41, 5.74) is 2.54. The third-order valence-electron chi connectivity index (χ3n) is 10.5. The molecule has 0 unspecified atom stereocenters. The van der Waals surface area contributed by atoms with Gasteiger partial charge >= 0.3 is 0 Å². The monoisotopic (exact) mass is 414 g/mol. The Balaban J connectivity index is 1.47. The fraction of sp³-hybridized carbons (Fsp3) is 0.893. The van der Waals surface area contributed by atoms with Gasteiger partial charge in [0.15, 0.2) is 0 Å². The van der Waals surface area contributed by atoms with Crippen LogP contribution in [0.3, 0.4) is 0 Å². The Kier molecular flexibility index (Phi) is 6.44. The zero-order valence-electron chi connectivity index (χ0n) is 20.3. The minimum Gasteiger partial charge on any atom is -0.464 e. The van der Waals surface area contributed by atoms with E-state index in [4.69, 9.17) is 4.74 Å². The average Bonchev–Trinajstić information content (AvgIpc) is 3.05. The van der Waals surface area contributed by atoms with Crippen LogP contribution in [0.25, 0.3) is 0 Å². The summed E-state index contributed by atoms with van der Waals surface area (Å²) in [6, 6.07) is 0. The Morgan fingerprint density at radius 1 is 1.07 bits per heavy atom. The van der Waals surface area contributed by atoms with Crippen molar-refractivity contribution in [2.45, 2.75) is 111 Å². The molecule has 0 amide bonds. The van der Waals surface area contributed by atoms with E-state index in [1.807, 2.05) is 0 Å². The summed E-state index contributed by atoms with van der Waals surface area (Å²) in [6.07, 6.45) is 17.2. The number of fused-ring (bicyclic) bond motifs is 5. The maximum atomic E-state index is 10.8. The summed E-state index contributed by atoms with van der Waals surface area (Å²) in [4.78, 5) is 10.8. The standard InChI is InChI=1S/C28H46O2/c1-19(2)7-6-8-20(3)24-11-12-25-23-10-9-21-17-22(30-18-29)13-15-27(21,4)26(23)14-16-28(24,25)5/h9,18-20,22-26H,6-8,10-17H2,1-5H3/t20-,22+,23-,24-,25+,26-,27-,28+/m0/s1. The van der Waals surface area contributed by atoms with E-state index >= 15 is 0 Å². The van der Waals surface area contributed by atoms with Crippen molar-refractivity contribution in [2.24, 2.45) is 46.3 Å². The Hall–Kier alpha value is -0.790. The summed E-state index contributed by atoms with van der Waals surface area (Å²) >= 11 is 0. The predicted octanol–water partition coefficient (Wildman–Crippen LogP) is 7.57. The third kappa shape index (κ3) is 3.79. The summed E-state index contributed by atoms with van der Waals surface area (Å²) in [6.45, 7) is 13.2. The van der Waals surface area contributed by atoms with E-state index in [-0.39, 0.29) is 6.10 Å². The fourth-order valence-electron chi connectivity index (χ4n) is 8.85. The van der Waals surface area contributed by atoms with Gasteiger partial charge in [-0.25, -0.2) is 0 Å². The van der Waals surface area contributed by atoms with Crippen molar-refractivity contribution >= 4 is 6.47 Å². The van der Waals surface area contributed by atoms with Crippen LogP contribution in [0.1, 0.15) is 105 Å². The van der Waals surface area contributed by atoms with Crippen molar-refractivity contribution in [1.29, 1.82) is 0 Å². The maximum absolute atomic E-state index is 10.8. The zero-order valence-corrected chi connectivity index (χ0v) is 20.3. The van der Waals surface area contributed by atoms with E-state index < -0.39 is 0 Å². The molecule has 4 rings (SSSR count). The van der Waals surface area contributed by atoms with Crippen molar-refractivity contribution in [3.63, 3.8) is 0 Å². The summed E-state index contributed by atoms with van der Waals surface area (Å²) < 4.78 is 5.36. The molecular formula is C28H46O2. The van der Waals surface area contributed by atoms with E-state index in [2.05, 4.69) is 40.7 Å². The molecule has 30 heavy (non-hydrogen) atoms. The lowest BCUT2D eigenvalue weighted by molar-refractivity contribution is -0.136. The molecule has 0 spiro atoms. The van der Waals surface area contributed by atoms with E-state index in [1.54, 1.807) is 5.57 Å². The average molecular weight is 415 g/mol. The van der Waals surface area contributed by atoms with Gasteiger partial charge in [-0.15, -0.1) is 0 Å². The van der Waals surface area contributed by atoms with E-state index in [1.165, 1.54) is 57.8 Å². The number of hydrogen-bond donors (Lipinski definition) is 0. The Morgan fingerprint density at radius 2 is 1.87 bits per heavy atom. The van der Waals surface area contributed by atoms with Gasteiger partial charge in [-0.2, -0.15) is 0 Å². The van der Waals surface area contributed by atoms with Crippen molar-refractivity contribution < 1.29 is 9.53 Å². The van der Waals surface area contributed by atoms with Gasteiger partial charge in [-0.05, 0) is 91.3 Å². The lowest BCUT2D eigenvalue weighted by Crippen LogP contribution is -2.51. The van der Waals surface area contributed by atoms with Crippen molar-refractivity contribution in [3.05, 3.63) is 11.6 Å². The minimum absolute atomic E-state index is 0.120. The molecule has 0 bridgehead atoms. The summed E-state index contributed by atoms with van der Waals surface area (Å²) in [5.74, 6) is 5.32. The van der Waals surface area contributed by atoms with Gasteiger partial charge in [-0.1, -0.05) is 65.5 Å². The fourth-order valence-corrected chi connectivity index (χ4v) is 8.85. The van der Waals surface area contributed by atoms with Gasteiger partial charge in [0.2, 0.25) is 0 Å². The van der Waals surface area contributed by atoms with Crippen molar-refractivity contribution in [3.8, 4) is 0 Å². The molecule has 0 aliphatic heterocycles. The van der Waals surface area contributed by atoms with Gasteiger partial charge < -0.3 is 4.74 Å². The first kappa shape index (κ1) is 22.4. The van der Waals surface area contributed by atoms with Crippen LogP contribution in [0.4, 0.5) is 0 Å². The van der Waals surface area contributed by atoms with Crippen LogP contribution in [0.2, 0.25) is 0 Å². The van der Waals surface area contributed by atoms with Crippen molar-refractivity contribution in [1.82, 2.24) is 0 Å².